The Bertz CT molecular complexity index is 498. The van der Waals surface area contributed by atoms with Gasteiger partial charge in [0.2, 0.25) is 0 Å². The predicted octanol–water partition coefficient (Wildman–Crippen LogP) is 2.33. The van der Waals surface area contributed by atoms with Crippen molar-refractivity contribution in [2.45, 2.75) is 6.42 Å². The topological polar surface area (TPSA) is 31.9 Å². The van der Waals surface area contributed by atoms with E-state index in [1.54, 1.807) is 0 Å². The quantitative estimate of drug-likeness (QED) is 0.715. The maximum atomic E-state index is 4.03. The van der Waals surface area contributed by atoms with Crippen molar-refractivity contribution < 1.29 is 0 Å². The van der Waals surface area contributed by atoms with E-state index in [0.717, 1.165) is 25.0 Å². The minimum atomic E-state index is 1.01. The molecule has 0 atom stereocenters. The van der Waals surface area contributed by atoms with Crippen molar-refractivity contribution >= 4 is 16.6 Å². The van der Waals surface area contributed by atoms with Gasteiger partial charge in [-0.2, -0.15) is 5.10 Å². The predicted molar refractivity (Wildman–Crippen MR) is 62.1 cm³/mol. The second kappa shape index (κ2) is 3.42. The van der Waals surface area contributed by atoms with Crippen LogP contribution >= 0.6 is 0 Å². The second-order valence-corrected chi connectivity index (χ2v) is 3.85. The molecule has 0 fully saturated rings. The van der Waals surface area contributed by atoms with E-state index in [1.807, 2.05) is 6.20 Å². The monoisotopic (exact) mass is 199 g/mol. The van der Waals surface area contributed by atoms with Crippen LogP contribution in [-0.4, -0.2) is 23.3 Å². The Morgan fingerprint density at radius 3 is 3.13 bits per heavy atom. The van der Waals surface area contributed by atoms with Crippen LogP contribution in [0.25, 0.3) is 10.9 Å². The van der Waals surface area contributed by atoms with Crippen molar-refractivity contribution in [1.29, 1.82) is 0 Å². The first kappa shape index (κ1) is 8.53. The van der Waals surface area contributed by atoms with Gasteiger partial charge < -0.3 is 4.90 Å². The number of H-pyrrole nitrogens is 1. The first-order chi connectivity index (χ1) is 7.43. The summed E-state index contributed by atoms with van der Waals surface area (Å²) in [5.41, 5.74) is 2.39. The van der Waals surface area contributed by atoms with Gasteiger partial charge in [0.1, 0.15) is 0 Å². The third-order valence-corrected chi connectivity index (χ3v) is 2.85. The SMILES string of the molecule is C1=CCN(c2ccc3cn[nH]c3c2)CC1. The number of rotatable bonds is 1. The van der Waals surface area contributed by atoms with Crippen LogP contribution in [0.15, 0.2) is 36.5 Å². The summed E-state index contributed by atoms with van der Waals surface area (Å²) in [5.74, 6) is 0. The van der Waals surface area contributed by atoms with E-state index in [4.69, 9.17) is 0 Å². The summed E-state index contributed by atoms with van der Waals surface area (Å²) < 4.78 is 0. The molecule has 1 aromatic heterocycles. The molecule has 0 aliphatic carbocycles. The highest BCUT2D eigenvalue weighted by molar-refractivity contribution is 5.81. The molecule has 76 valence electrons. The van der Waals surface area contributed by atoms with Crippen LogP contribution in [0.5, 0.6) is 0 Å². The molecule has 3 nitrogen and oxygen atoms in total. The van der Waals surface area contributed by atoms with Crippen molar-refractivity contribution in [1.82, 2.24) is 10.2 Å². The third kappa shape index (κ3) is 1.50. The number of nitrogens with zero attached hydrogens (tertiary/aromatic N) is 2. The van der Waals surface area contributed by atoms with Crippen LogP contribution in [0.1, 0.15) is 6.42 Å². The summed E-state index contributed by atoms with van der Waals surface area (Å²) in [4.78, 5) is 2.38. The number of benzene rings is 1. The van der Waals surface area contributed by atoms with E-state index in [2.05, 4.69) is 45.4 Å². The summed E-state index contributed by atoms with van der Waals surface area (Å²) in [6.45, 7) is 2.12. The van der Waals surface area contributed by atoms with E-state index in [0.29, 0.717) is 0 Å². The molecule has 1 N–H and O–H groups in total. The highest BCUT2D eigenvalue weighted by atomic mass is 15.1. The van der Waals surface area contributed by atoms with E-state index in [1.165, 1.54) is 11.1 Å². The standard InChI is InChI=1S/C12H13N3/c1-2-6-15(7-3-1)11-5-4-10-9-13-14-12(10)8-11/h1-2,4-5,8-9H,3,6-7H2,(H,13,14). The largest absolute Gasteiger partial charge is 0.367 e. The van der Waals surface area contributed by atoms with Gasteiger partial charge in [0.05, 0.1) is 11.7 Å². The maximum absolute atomic E-state index is 4.03. The molecule has 3 rings (SSSR count). The number of nitrogens with one attached hydrogen (secondary N) is 1. The van der Waals surface area contributed by atoms with Crippen molar-refractivity contribution in [3.8, 4) is 0 Å². The zero-order chi connectivity index (χ0) is 10.1. The van der Waals surface area contributed by atoms with E-state index < -0.39 is 0 Å². The van der Waals surface area contributed by atoms with Crippen LogP contribution in [0, 0.1) is 0 Å². The van der Waals surface area contributed by atoms with Gasteiger partial charge >= 0.3 is 0 Å². The summed E-state index contributed by atoms with van der Waals surface area (Å²) in [7, 11) is 0. The average molecular weight is 199 g/mol. The molecule has 1 aliphatic rings. The summed E-state index contributed by atoms with van der Waals surface area (Å²) in [5, 5.41) is 8.21. The normalized spacial score (nSPS) is 16.1. The Labute approximate surface area is 88.4 Å². The Balaban J connectivity index is 1.99. The fraction of sp³-hybridized carbons (Fsp3) is 0.250. The van der Waals surface area contributed by atoms with Crippen molar-refractivity contribution in [2.75, 3.05) is 18.0 Å². The Morgan fingerprint density at radius 2 is 2.27 bits per heavy atom. The van der Waals surface area contributed by atoms with E-state index in [-0.39, 0.29) is 0 Å². The fourth-order valence-corrected chi connectivity index (χ4v) is 2.00. The van der Waals surface area contributed by atoms with Gasteiger partial charge in [0, 0.05) is 24.2 Å². The van der Waals surface area contributed by atoms with Crippen LogP contribution in [0.2, 0.25) is 0 Å². The molecule has 2 heterocycles. The van der Waals surface area contributed by atoms with Crippen molar-refractivity contribution in [2.24, 2.45) is 0 Å². The minimum Gasteiger partial charge on any atom is -0.367 e. The van der Waals surface area contributed by atoms with Gasteiger partial charge in [-0.05, 0) is 24.6 Å². The number of hydrogen-bond donors (Lipinski definition) is 1. The van der Waals surface area contributed by atoms with Crippen LogP contribution in [0.3, 0.4) is 0 Å². The zero-order valence-electron chi connectivity index (χ0n) is 8.48. The highest BCUT2D eigenvalue weighted by Crippen LogP contribution is 2.21. The Kier molecular flexibility index (Phi) is 1.95. The molecule has 3 heteroatoms. The lowest BCUT2D eigenvalue weighted by Gasteiger charge is -2.25. The lowest BCUT2D eigenvalue weighted by molar-refractivity contribution is 0.821. The molecule has 1 aromatic carbocycles. The molecule has 1 aliphatic heterocycles. The maximum Gasteiger partial charge on any atom is 0.0670 e. The number of fused-ring (bicyclic) bond motifs is 1. The Morgan fingerprint density at radius 1 is 1.27 bits per heavy atom. The molecule has 0 bridgehead atoms. The van der Waals surface area contributed by atoms with Crippen molar-refractivity contribution in [3.63, 3.8) is 0 Å². The van der Waals surface area contributed by atoms with Gasteiger partial charge in [-0.25, -0.2) is 0 Å². The minimum absolute atomic E-state index is 1.01. The summed E-state index contributed by atoms with van der Waals surface area (Å²) in [6.07, 6.45) is 7.46. The van der Waals surface area contributed by atoms with Crippen molar-refractivity contribution in [3.05, 3.63) is 36.5 Å². The number of hydrogen-bond acceptors (Lipinski definition) is 2. The smallest absolute Gasteiger partial charge is 0.0670 e. The van der Waals surface area contributed by atoms with Crippen LogP contribution in [-0.2, 0) is 0 Å². The summed E-state index contributed by atoms with van der Waals surface area (Å²) in [6, 6.07) is 6.45. The van der Waals surface area contributed by atoms with E-state index in [9.17, 15) is 0 Å². The van der Waals surface area contributed by atoms with Gasteiger partial charge in [-0.1, -0.05) is 12.2 Å². The molecule has 0 saturated carbocycles. The molecule has 0 radical (unpaired) electrons. The van der Waals surface area contributed by atoms with E-state index >= 15 is 0 Å². The molecule has 15 heavy (non-hydrogen) atoms. The zero-order valence-corrected chi connectivity index (χ0v) is 8.48. The first-order valence-electron chi connectivity index (χ1n) is 5.26. The molecule has 0 spiro atoms. The number of aromatic amines is 1. The highest BCUT2D eigenvalue weighted by Gasteiger charge is 2.07. The van der Waals surface area contributed by atoms with Gasteiger partial charge in [-0.15, -0.1) is 0 Å². The Hall–Kier alpha value is -1.77. The summed E-state index contributed by atoms with van der Waals surface area (Å²) >= 11 is 0. The second-order valence-electron chi connectivity index (χ2n) is 3.85. The molecule has 2 aromatic rings. The third-order valence-electron chi connectivity index (χ3n) is 2.85. The van der Waals surface area contributed by atoms with Crippen LogP contribution in [0.4, 0.5) is 5.69 Å². The van der Waals surface area contributed by atoms with Crippen LogP contribution < -0.4 is 4.90 Å². The molecule has 0 saturated heterocycles. The lowest BCUT2D eigenvalue weighted by atomic mass is 10.2. The molecular weight excluding hydrogens is 186 g/mol. The fourth-order valence-electron chi connectivity index (χ4n) is 2.00. The van der Waals surface area contributed by atoms with Gasteiger partial charge in [0.25, 0.3) is 0 Å². The molecular formula is C12H13N3. The molecule has 0 unspecified atom stereocenters. The lowest BCUT2D eigenvalue weighted by Crippen LogP contribution is -2.26. The number of anilines is 1. The van der Waals surface area contributed by atoms with Gasteiger partial charge in [-0.3, -0.25) is 5.10 Å². The molecule has 0 amide bonds. The average Bonchev–Trinajstić information content (AvgIpc) is 2.77. The number of aromatic nitrogens is 2. The van der Waals surface area contributed by atoms with Gasteiger partial charge in [0.15, 0.2) is 0 Å². The first-order valence-corrected chi connectivity index (χ1v) is 5.26.